The highest BCUT2D eigenvalue weighted by molar-refractivity contribution is 5.95. The highest BCUT2D eigenvalue weighted by atomic mass is 19.1. The topological polar surface area (TPSA) is 97.9 Å². The molecule has 3 N–H and O–H groups in total. The number of aromatic amines is 2. The molecule has 0 saturated carbocycles. The lowest BCUT2D eigenvalue weighted by Gasteiger charge is -2.12. The Morgan fingerprint density at radius 3 is 2.81 bits per heavy atom. The minimum atomic E-state index is -0.399. The Labute approximate surface area is 183 Å². The van der Waals surface area contributed by atoms with Crippen molar-refractivity contribution in [3.63, 3.8) is 0 Å². The molecular formula is C24H22FN5O2. The third kappa shape index (κ3) is 3.24. The van der Waals surface area contributed by atoms with Gasteiger partial charge in [0.2, 0.25) is 5.91 Å². The fourth-order valence-corrected chi connectivity index (χ4v) is 4.17. The van der Waals surface area contributed by atoms with Crippen LogP contribution in [0.1, 0.15) is 25.1 Å². The Bertz CT molecular complexity index is 1380. The maximum Gasteiger partial charge on any atom is 0.220 e. The van der Waals surface area contributed by atoms with Crippen molar-refractivity contribution >= 4 is 22.4 Å². The highest BCUT2D eigenvalue weighted by Gasteiger charge is 2.22. The second-order valence-electron chi connectivity index (χ2n) is 7.88. The number of H-pyrrole nitrogens is 2. The number of aromatic nitrogens is 4. The second-order valence-corrected chi connectivity index (χ2v) is 7.88. The molecule has 0 saturated heterocycles. The number of fused-ring (bicyclic) bond motifs is 1. The van der Waals surface area contributed by atoms with Crippen LogP contribution in [0.2, 0.25) is 0 Å². The van der Waals surface area contributed by atoms with Crippen LogP contribution in [0, 0.1) is 5.82 Å². The van der Waals surface area contributed by atoms with Crippen LogP contribution in [0.3, 0.4) is 0 Å². The zero-order valence-electron chi connectivity index (χ0n) is 17.7. The first-order valence-electron chi connectivity index (χ1n) is 10.5. The molecular weight excluding hydrogens is 409 g/mol. The van der Waals surface area contributed by atoms with Crippen LogP contribution in [-0.4, -0.2) is 49.2 Å². The number of aryl methyl sites for hydroxylation is 1. The van der Waals surface area contributed by atoms with Crippen LogP contribution in [0.4, 0.5) is 4.39 Å². The SMILES string of the molecule is CCc1cc(O)ccc1-c1ccc2c(-c3nc(C4=CCN(C(C)=O)C4)c[nH]3)n[nH]c2c1F. The predicted octanol–water partition coefficient (Wildman–Crippen LogP) is 4.27. The van der Waals surface area contributed by atoms with Gasteiger partial charge in [0.25, 0.3) is 0 Å². The van der Waals surface area contributed by atoms with Gasteiger partial charge in [-0.25, -0.2) is 9.37 Å². The summed E-state index contributed by atoms with van der Waals surface area (Å²) in [5, 5.41) is 17.5. The van der Waals surface area contributed by atoms with Crippen molar-refractivity contribution in [2.24, 2.45) is 0 Å². The number of hydrogen-bond acceptors (Lipinski definition) is 4. The third-order valence-electron chi connectivity index (χ3n) is 5.93. The van der Waals surface area contributed by atoms with Gasteiger partial charge in [0.1, 0.15) is 17.0 Å². The molecule has 2 aromatic carbocycles. The number of nitrogens with zero attached hydrogens (tertiary/aromatic N) is 3. The Morgan fingerprint density at radius 1 is 1.25 bits per heavy atom. The molecule has 0 radical (unpaired) electrons. The van der Waals surface area contributed by atoms with Crippen molar-refractivity contribution in [1.29, 1.82) is 0 Å². The van der Waals surface area contributed by atoms with Gasteiger partial charge in [-0.15, -0.1) is 0 Å². The summed E-state index contributed by atoms with van der Waals surface area (Å²) in [7, 11) is 0. The zero-order chi connectivity index (χ0) is 22.4. The van der Waals surface area contributed by atoms with Crippen LogP contribution in [0.5, 0.6) is 5.75 Å². The molecule has 1 amide bonds. The van der Waals surface area contributed by atoms with E-state index in [9.17, 15) is 9.90 Å². The standard InChI is InChI=1S/C24H22FN5O2/c1-3-14-10-16(32)4-5-17(14)18-6-7-19-22(21(18)25)28-29-23(19)24-26-11-20(27-24)15-8-9-30(12-15)13(2)31/h4-8,10-11,32H,3,9,12H2,1-2H3,(H,26,27)(H,28,29). The van der Waals surface area contributed by atoms with Crippen LogP contribution < -0.4 is 0 Å². The summed E-state index contributed by atoms with van der Waals surface area (Å²) in [6.45, 7) is 4.61. The lowest BCUT2D eigenvalue weighted by Crippen LogP contribution is -2.25. The molecule has 1 aliphatic heterocycles. The zero-order valence-corrected chi connectivity index (χ0v) is 17.7. The normalized spacial score (nSPS) is 13.7. The number of aromatic hydroxyl groups is 1. The lowest BCUT2D eigenvalue weighted by molar-refractivity contribution is -0.127. The molecule has 5 rings (SSSR count). The van der Waals surface area contributed by atoms with Gasteiger partial charge in [-0.2, -0.15) is 5.10 Å². The number of carbonyl (C=O) groups excluding carboxylic acids is 1. The van der Waals surface area contributed by atoms with E-state index in [1.54, 1.807) is 42.3 Å². The van der Waals surface area contributed by atoms with E-state index in [4.69, 9.17) is 0 Å². The van der Waals surface area contributed by atoms with Crippen LogP contribution in [0.15, 0.2) is 42.6 Å². The van der Waals surface area contributed by atoms with Crippen molar-refractivity contribution in [1.82, 2.24) is 25.1 Å². The minimum absolute atomic E-state index is 0.0245. The monoisotopic (exact) mass is 431 g/mol. The average Bonchev–Trinajstić information content (AvgIpc) is 3.52. The Morgan fingerprint density at radius 2 is 2.06 bits per heavy atom. The quantitative estimate of drug-likeness (QED) is 0.449. The van der Waals surface area contributed by atoms with Gasteiger partial charge < -0.3 is 15.0 Å². The van der Waals surface area contributed by atoms with E-state index < -0.39 is 5.82 Å². The summed E-state index contributed by atoms with van der Waals surface area (Å²) >= 11 is 0. The van der Waals surface area contributed by atoms with E-state index in [-0.39, 0.29) is 11.7 Å². The largest absolute Gasteiger partial charge is 0.508 e. The lowest BCUT2D eigenvalue weighted by atomic mass is 9.96. The van der Waals surface area contributed by atoms with Gasteiger partial charge in [-0.1, -0.05) is 25.1 Å². The number of phenols is 1. The first-order chi connectivity index (χ1) is 15.5. The molecule has 0 fully saturated rings. The van der Waals surface area contributed by atoms with E-state index in [1.165, 1.54) is 0 Å². The van der Waals surface area contributed by atoms with Gasteiger partial charge in [-0.3, -0.25) is 9.89 Å². The predicted molar refractivity (Wildman–Crippen MR) is 120 cm³/mol. The molecule has 0 spiro atoms. The maximum atomic E-state index is 15.5. The van der Waals surface area contributed by atoms with Crippen molar-refractivity contribution in [2.75, 3.05) is 13.1 Å². The molecule has 7 nitrogen and oxygen atoms in total. The summed E-state index contributed by atoms with van der Waals surface area (Å²) in [6, 6.07) is 8.51. The van der Waals surface area contributed by atoms with Gasteiger partial charge in [-0.05, 0) is 41.3 Å². The number of amides is 1. The first-order valence-corrected chi connectivity index (χ1v) is 10.5. The number of benzene rings is 2. The second kappa shape index (κ2) is 7.64. The van der Waals surface area contributed by atoms with Crippen LogP contribution in [-0.2, 0) is 11.2 Å². The summed E-state index contributed by atoms with van der Waals surface area (Å²) in [5.41, 5.74) is 4.59. The molecule has 4 aromatic rings. The third-order valence-corrected chi connectivity index (χ3v) is 5.93. The molecule has 8 heteroatoms. The smallest absolute Gasteiger partial charge is 0.220 e. The number of nitrogens with one attached hydrogen (secondary N) is 2. The van der Waals surface area contributed by atoms with Gasteiger partial charge in [0.05, 0.1) is 5.69 Å². The van der Waals surface area contributed by atoms with E-state index >= 15 is 4.39 Å². The van der Waals surface area contributed by atoms with E-state index in [2.05, 4.69) is 20.2 Å². The van der Waals surface area contributed by atoms with Crippen molar-refractivity contribution in [3.05, 3.63) is 59.7 Å². The van der Waals surface area contributed by atoms with E-state index in [0.29, 0.717) is 47.5 Å². The molecule has 162 valence electrons. The van der Waals surface area contributed by atoms with E-state index in [0.717, 1.165) is 22.4 Å². The summed E-state index contributed by atoms with van der Waals surface area (Å²) in [4.78, 5) is 21.1. The molecule has 32 heavy (non-hydrogen) atoms. The van der Waals surface area contributed by atoms with E-state index in [1.807, 2.05) is 19.1 Å². The number of rotatable bonds is 4. The van der Waals surface area contributed by atoms with Gasteiger partial charge >= 0.3 is 0 Å². The minimum Gasteiger partial charge on any atom is -0.508 e. The first kappa shape index (κ1) is 20.0. The van der Waals surface area contributed by atoms with Gasteiger partial charge in [0, 0.05) is 37.2 Å². The van der Waals surface area contributed by atoms with Crippen LogP contribution >= 0.6 is 0 Å². The van der Waals surface area contributed by atoms with Crippen molar-refractivity contribution in [3.8, 4) is 28.4 Å². The fraction of sp³-hybridized carbons (Fsp3) is 0.208. The van der Waals surface area contributed by atoms with Crippen molar-refractivity contribution in [2.45, 2.75) is 20.3 Å². The molecule has 0 unspecified atom stereocenters. The summed E-state index contributed by atoms with van der Waals surface area (Å²) < 4.78 is 15.5. The van der Waals surface area contributed by atoms with Gasteiger partial charge in [0.15, 0.2) is 11.6 Å². The molecule has 2 aromatic heterocycles. The number of hydrogen-bond donors (Lipinski definition) is 3. The Kier molecular flexibility index (Phi) is 4.77. The number of imidazole rings is 1. The fourth-order valence-electron chi connectivity index (χ4n) is 4.17. The molecule has 1 aliphatic rings. The average molecular weight is 431 g/mol. The van der Waals surface area contributed by atoms with Crippen molar-refractivity contribution < 1.29 is 14.3 Å². The maximum absolute atomic E-state index is 15.5. The van der Waals surface area contributed by atoms with Crippen LogP contribution in [0.25, 0.3) is 39.1 Å². The number of halogens is 1. The Hall–Kier alpha value is -3.94. The highest BCUT2D eigenvalue weighted by Crippen LogP contribution is 2.35. The molecule has 0 aliphatic carbocycles. The summed E-state index contributed by atoms with van der Waals surface area (Å²) in [6.07, 6.45) is 4.43. The molecule has 3 heterocycles. The molecule has 0 bridgehead atoms. The summed E-state index contributed by atoms with van der Waals surface area (Å²) in [5.74, 6) is 0.313. The number of carbonyl (C=O) groups is 1. The molecule has 0 atom stereocenters. The Balaban J connectivity index is 1.51. The number of phenolic OH excluding ortho intramolecular Hbond substituents is 1.